The quantitative estimate of drug-likeness (QED) is 0.649. The Morgan fingerprint density at radius 3 is 2.56 bits per heavy atom. The summed E-state index contributed by atoms with van der Waals surface area (Å²) in [5, 5.41) is 8.87. The van der Waals surface area contributed by atoms with Crippen LogP contribution in [0.4, 0.5) is 0 Å². The molecular weight excluding hydrogens is 132 g/mol. The molecule has 0 aromatic carbocycles. The van der Waals surface area contributed by atoms with Crippen molar-refractivity contribution >= 4 is 11.8 Å². The summed E-state index contributed by atoms with van der Waals surface area (Å²) < 4.78 is 0. The van der Waals surface area contributed by atoms with Gasteiger partial charge in [-0.25, -0.2) is 0 Å². The van der Waals surface area contributed by atoms with Crippen LogP contribution in [0.15, 0.2) is 0 Å². The van der Waals surface area contributed by atoms with Crippen molar-refractivity contribution in [3.63, 3.8) is 0 Å². The van der Waals surface area contributed by atoms with Gasteiger partial charge in [-0.2, -0.15) is 11.8 Å². The van der Waals surface area contributed by atoms with Gasteiger partial charge in [0.05, 0.1) is 0 Å². The molecular formula is C7H14OS. The first kappa shape index (κ1) is 7.42. The molecule has 0 bridgehead atoms. The minimum atomic E-state index is 0.378. The predicted octanol–water partition coefficient (Wildman–Crippen LogP) is 1.51. The van der Waals surface area contributed by atoms with E-state index < -0.39 is 0 Å². The molecule has 0 aromatic heterocycles. The largest absolute Gasteiger partial charge is 0.396 e. The highest BCUT2D eigenvalue weighted by Gasteiger charge is 2.40. The number of hydrogen-bond donors (Lipinski definition) is 1. The normalized spacial score (nSPS) is 22.0. The molecule has 0 unspecified atom stereocenters. The van der Waals surface area contributed by atoms with E-state index in [0.29, 0.717) is 12.0 Å². The van der Waals surface area contributed by atoms with E-state index in [1.807, 2.05) is 11.8 Å². The molecule has 1 rings (SSSR count). The van der Waals surface area contributed by atoms with E-state index in [2.05, 4.69) is 6.26 Å². The summed E-state index contributed by atoms with van der Waals surface area (Å²) >= 11 is 1.87. The van der Waals surface area contributed by atoms with E-state index in [0.717, 1.165) is 0 Å². The molecule has 0 spiro atoms. The van der Waals surface area contributed by atoms with Crippen LogP contribution in [0.5, 0.6) is 0 Å². The van der Waals surface area contributed by atoms with Crippen molar-refractivity contribution in [2.24, 2.45) is 5.41 Å². The van der Waals surface area contributed by atoms with E-state index in [1.165, 1.54) is 25.0 Å². The Labute approximate surface area is 60.8 Å². The Morgan fingerprint density at radius 2 is 2.22 bits per heavy atom. The Morgan fingerprint density at radius 1 is 1.56 bits per heavy atom. The predicted molar refractivity (Wildman–Crippen MR) is 41.8 cm³/mol. The summed E-state index contributed by atoms with van der Waals surface area (Å²) in [7, 11) is 0. The molecule has 1 aliphatic rings. The van der Waals surface area contributed by atoms with Crippen molar-refractivity contribution in [3.05, 3.63) is 0 Å². The van der Waals surface area contributed by atoms with Crippen LogP contribution in [0.3, 0.4) is 0 Å². The van der Waals surface area contributed by atoms with Crippen molar-refractivity contribution in [2.45, 2.75) is 19.3 Å². The number of aliphatic hydroxyl groups excluding tert-OH is 1. The molecule has 0 atom stereocenters. The molecule has 2 heteroatoms. The maximum atomic E-state index is 8.87. The smallest absolute Gasteiger partial charge is 0.0487 e. The van der Waals surface area contributed by atoms with Crippen LogP contribution >= 0.6 is 11.8 Å². The van der Waals surface area contributed by atoms with Crippen LogP contribution in [0.25, 0.3) is 0 Å². The zero-order chi connectivity index (χ0) is 6.74. The monoisotopic (exact) mass is 146 g/mol. The van der Waals surface area contributed by atoms with Crippen LogP contribution in [0, 0.1) is 5.41 Å². The first-order valence-corrected chi connectivity index (χ1v) is 4.82. The summed E-state index contributed by atoms with van der Waals surface area (Å²) in [5.74, 6) is 1.21. The number of hydrogen-bond acceptors (Lipinski definition) is 2. The molecule has 0 aliphatic heterocycles. The molecule has 0 saturated heterocycles. The third-order valence-electron chi connectivity index (χ3n) is 2.13. The maximum absolute atomic E-state index is 8.87. The fraction of sp³-hybridized carbons (Fsp3) is 1.00. The van der Waals surface area contributed by atoms with Gasteiger partial charge >= 0.3 is 0 Å². The maximum Gasteiger partial charge on any atom is 0.0487 e. The van der Waals surface area contributed by atoms with Gasteiger partial charge in [0, 0.05) is 6.61 Å². The number of rotatable bonds is 4. The fourth-order valence-corrected chi connectivity index (χ4v) is 1.62. The SMILES string of the molecule is CSCCC1(CO)CC1. The summed E-state index contributed by atoms with van der Waals surface area (Å²) in [4.78, 5) is 0. The van der Waals surface area contributed by atoms with E-state index >= 15 is 0 Å². The van der Waals surface area contributed by atoms with E-state index in [1.54, 1.807) is 0 Å². The Balaban J connectivity index is 2.10. The second-order valence-corrected chi connectivity index (χ2v) is 3.89. The Hall–Kier alpha value is 0.310. The van der Waals surface area contributed by atoms with Crippen LogP contribution < -0.4 is 0 Å². The third-order valence-corrected chi connectivity index (χ3v) is 2.74. The lowest BCUT2D eigenvalue weighted by molar-refractivity contribution is 0.209. The molecule has 0 radical (unpaired) electrons. The Bertz CT molecular complexity index is 88.9. The average molecular weight is 146 g/mol. The van der Waals surface area contributed by atoms with Gasteiger partial charge in [0.1, 0.15) is 0 Å². The molecule has 1 aliphatic carbocycles. The zero-order valence-electron chi connectivity index (χ0n) is 5.89. The lowest BCUT2D eigenvalue weighted by atomic mass is 10.1. The first-order chi connectivity index (χ1) is 4.33. The van der Waals surface area contributed by atoms with Gasteiger partial charge in [0.25, 0.3) is 0 Å². The highest BCUT2D eigenvalue weighted by atomic mass is 32.2. The second kappa shape index (κ2) is 2.93. The average Bonchev–Trinajstić information content (AvgIpc) is 2.65. The van der Waals surface area contributed by atoms with Crippen molar-refractivity contribution < 1.29 is 5.11 Å². The van der Waals surface area contributed by atoms with E-state index in [4.69, 9.17) is 5.11 Å². The standard InChI is InChI=1S/C7H14OS/c1-9-5-4-7(6-8)2-3-7/h8H,2-6H2,1H3. The van der Waals surface area contributed by atoms with Gasteiger partial charge in [-0.15, -0.1) is 0 Å². The second-order valence-electron chi connectivity index (χ2n) is 2.90. The van der Waals surface area contributed by atoms with Crippen LogP contribution in [0.2, 0.25) is 0 Å². The molecule has 0 heterocycles. The molecule has 1 fully saturated rings. The molecule has 9 heavy (non-hydrogen) atoms. The van der Waals surface area contributed by atoms with E-state index in [9.17, 15) is 0 Å². The minimum absolute atomic E-state index is 0.378. The highest BCUT2D eigenvalue weighted by Crippen LogP contribution is 2.48. The van der Waals surface area contributed by atoms with Gasteiger partial charge in [-0.05, 0) is 36.7 Å². The topological polar surface area (TPSA) is 20.2 Å². The summed E-state index contributed by atoms with van der Waals surface area (Å²) in [6.07, 6.45) is 5.84. The van der Waals surface area contributed by atoms with Crippen LogP contribution in [-0.4, -0.2) is 23.7 Å². The lowest BCUT2D eigenvalue weighted by Gasteiger charge is -2.08. The zero-order valence-corrected chi connectivity index (χ0v) is 6.71. The van der Waals surface area contributed by atoms with Gasteiger partial charge < -0.3 is 5.11 Å². The first-order valence-electron chi connectivity index (χ1n) is 3.43. The van der Waals surface area contributed by atoms with Gasteiger partial charge in [0.15, 0.2) is 0 Å². The third kappa shape index (κ3) is 1.87. The van der Waals surface area contributed by atoms with Crippen LogP contribution in [0.1, 0.15) is 19.3 Å². The van der Waals surface area contributed by atoms with Crippen LogP contribution in [-0.2, 0) is 0 Å². The molecule has 54 valence electrons. The number of thioether (sulfide) groups is 1. The molecule has 0 aromatic rings. The van der Waals surface area contributed by atoms with E-state index in [-0.39, 0.29) is 0 Å². The number of aliphatic hydroxyl groups is 1. The highest BCUT2D eigenvalue weighted by molar-refractivity contribution is 7.98. The minimum Gasteiger partial charge on any atom is -0.396 e. The van der Waals surface area contributed by atoms with Gasteiger partial charge in [-0.3, -0.25) is 0 Å². The van der Waals surface area contributed by atoms with Gasteiger partial charge in [-0.1, -0.05) is 0 Å². The Kier molecular flexibility index (Phi) is 2.42. The van der Waals surface area contributed by atoms with Crippen molar-refractivity contribution in [3.8, 4) is 0 Å². The summed E-state index contributed by atoms with van der Waals surface area (Å²) in [5.41, 5.74) is 0.378. The molecule has 1 saturated carbocycles. The summed E-state index contributed by atoms with van der Waals surface area (Å²) in [6, 6.07) is 0. The van der Waals surface area contributed by atoms with Crippen molar-refractivity contribution in [1.82, 2.24) is 0 Å². The molecule has 1 nitrogen and oxygen atoms in total. The van der Waals surface area contributed by atoms with Crippen molar-refractivity contribution in [1.29, 1.82) is 0 Å². The van der Waals surface area contributed by atoms with Crippen molar-refractivity contribution in [2.75, 3.05) is 18.6 Å². The lowest BCUT2D eigenvalue weighted by Crippen LogP contribution is -2.06. The molecule has 1 N–H and O–H groups in total. The summed E-state index contributed by atoms with van der Waals surface area (Å²) in [6.45, 7) is 0.410. The molecule has 0 amide bonds. The van der Waals surface area contributed by atoms with Gasteiger partial charge in [0.2, 0.25) is 0 Å². The fourth-order valence-electron chi connectivity index (χ4n) is 0.983.